The van der Waals surface area contributed by atoms with Crippen LogP contribution in [0.3, 0.4) is 0 Å². The third kappa shape index (κ3) is 2.69. The van der Waals surface area contributed by atoms with Gasteiger partial charge in [-0.3, -0.25) is 4.79 Å². The molecule has 1 aromatic carbocycles. The molecule has 0 spiro atoms. The average molecular weight is 315 g/mol. The molecule has 2 aromatic rings. The largest absolute Gasteiger partial charge is 0.294 e. The third-order valence-corrected chi connectivity index (χ3v) is 4.13. The summed E-state index contributed by atoms with van der Waals surface area (Å²) in [6.45, 7) is 1.56. The molecule has 0 aliphatic heterocycles. The van der Waals surface area contributed by atoms with E-state index in [4.69, 9.17) is 0 Å². The monoisotopic (exact) mass is 314 g/mol. The van der Waals surface area contributed by atoms with Crippen LogP contribution in [0.1, 0.15) is 17.3 Å². The predicted molar refractivity (Wildman–Crippen MR) is 68.2 cm³/mol. The van der Waals surface area contributed by atoms with Crippen LogP contribution < -0.4 is 0 Å². The summed E-state index contributed by atoms with van der Waals surface area (Å²) in [6.07, 6.45) is 1.51. The molecule has 6 heteroatoms. The van der Waals surface area contributed by atoms with E-state index in [1.165, 1.54) is 29.6 Å². The highest BCUT2D eigenvalue weighted by Gasteiger charge is 2.10. The molecule has 0 bridgehead atoms. The zero-order valence-corrected chi connectivity index (χ0v) is 11.5. The van der Waals surface area contributed by atoms with Gasteiger partial charge in [-0.1, -0.05) is 27.7 Å². The molecule has 3 nitrogen and oxygen atoms in total. The Kier molecular flexibility index (Phi) is 3.73. The molecule has 0 saturated carbocycles. The maximum absolute atomic E-state index is 11.4. The highest BCUT2D eigenvalue weighted by atomic mass is 79.9. The number of benzene rings is 1. The summed E-state index contributed by atoms with van der Waals surface area (Å²) in [5.41, 5.74) is 0.711. The normalized spacial score (nSPS) is 10.4. The number of Topliss-reactive ketones (excluding diaryl/α,β-unsaturated/α-hetero) is 1. The molecule has 16 heavy (non-hydrogen) atoms. The summed E-state index contributed by atoms with van der Waals surface area (Å²) in [7, 11) is 0. The van der Waals surface area contributed by atoms with Crippen molar-refractivity contribution in [2.24, 2.45) is 0 Å². The van der Waals surface area contributed by atoms with Crippen LogP contribution in [-0.4, -0.2) is 15.1 Å². The van der Waals surface area contributed by atoms with Gasteiger partial charge in [0.1, 0.15) is 6.33 Å². The quantitative estimate of drug-likeness (QED) is 0.811. The van der Waals surface area contributed by atoms with Gasteiger partial charge in [0, 0.05) is 14.9 Å². The number of rotatable bonds is 3. The molecule has 0 atom stereocenters. The fourth-order valence-corrected chi connectivity index (χ4v) is 3.31. The van der Waals surface area contributed by atoms with Crippen LogP contribution in [0.25, 0.3) is 0 Å². The first-order valence-electron chi connectivity index (χ1n) is 4.42. The van der Waals surface area contributed by atoms with Crippen LogP contribution in [-0.2, 0) is 0 Å². The van der Waals surface area contributed by atoms with Crippen LogP contribution in [0, 0.1) is 0 Å². The van der Waals surface area contributed by atoms with Crippen molar-refractivity contribution in [3.63, 3.8) is 0 Å². The van der Waals surface area contributed by atoms with Gasteiger partial charge in [0.2, 0.25) is 0 Å². The first kappa shape index (κ1) is 11.8. The molecular formula is C10H7BrN2OS2. The van der Waals surface area contributed by atoms with Gasteiger partial charge in [-0.2, -0.15) is 4.37 Å². The van der Waals surface area contributed by atoms with Crippen molar-refractivity contribution in [3.05, 3.63) is 34.6 Å². The van der Waals surface area contributed by atoms with Gasteiger partial charge in [-0.25, -0.2) is 4.98 Å². The maximum Gasteiger partial charge on any atom is 0.174 e. The average Bonchev–Trinajstić information content (AvgIpc) is 2.70. The fourth-order valence-electron chi connectivity index (χ4n) is 1.17. The Morgan fingerprint density at radius 3 is 2.94 bits per heavy atom. The SMILES string of the molecule is CC(=O)c1ccc(Br)cc1Sc1ncns1. The van der Waals surface area contributed by atoms with Crippen LogP contribution in [0.2, 0.25) is 0 Å². The molecule has 1 heterocycles. The van der Waals surface area contributed by atoms with E-state index in [2.05, 4.69) is 25.3 Å². The smallest absolute Gasteiger partial charge is 0.174 e. The fraction of sp³-hybridized carbons (Fsp3) is 0.100. The number of ketones is 1. The molecule has 0 aliphatic carbocycles. The number of carbonyl (C=O) groups excluding carboxylic acids is 1. The maximum atomic E-state index is 11.4. The van der Waals surface area contributed by atoms with Crippen molar-refractivity contribution in [1.82, 2.24) is 9.36 Å². The van der Waals surface area contributed by atoms with Gasteiger partial charge in [0.15, 0.2) is 10.1 Å². The first-order chi connectivity index (χ1) is 7.66. The molecule has 0 amide bonds. The van der Waals surface area contributed by atoms with E-state index in [9.17, 15) is 4.79 Å². The number of hydrogen-bond donors (Lipinski definition) is 0. The van der Waals surface area contributed by atoms with E-state index in [0.717, 1.165) is 13.7 Å². The summed E-state index contributed by atoms with van der Waals surface area (Å²) >= 11 is 6.17. The van der Waals surface area contributed by atoms with Crippen LogP contribution in [0.15, 0.2) is 38.2 Å². The molecule has 0 unspecified atom stereocenters. The summed E-state index contributed by atoms with van der Waals surface area (Å²) in [6, 6.07) is 5.60. The summed E-state index contributed by atoms with van der Waals surface area (Å²) in [5, 5.41) is 0. The van der Waals surface area contributed by atoms with E-state index in [-0.39, 0.29) is 5.78 Å². The van der Waals surface area contributed by atoms with Crippen LogP contribution >= 0.6 is 39.2 Å². The second-order valence-electron chi connectivity index (χ2n) is 3.01. The Morgan fingerprint density at radius 1 is 1.50 bits per heavy atom. The summed E-state index contributed by atoms with van der Waals surface area (Å²) in [5.74, 6) is 0.0551. The molecule has 0 saturated heterocycles. The Balaban J connectivity index is 2.38. The van der Waals surface area contributed by atoms with Crippen LogP contribution in [0.4, 0.5) is 0 Å². The number of aromatic nitrogens is 2. The molecular weight excluding hydrogens is 308 g/mol. The van der Waals surface area contributed by atoms with Gasteiger partial charge in [-0.05, 0) is 36.7 Å². The topological polar surface area (TPSA) is 42.9 Å². The minimum Gasteiger partial charge on any atom is -0.294 e. The lowest BCUT2D eigenvalue weighted by atomic mass is 10.1. The molecule has 2 rings (SSSR count). The highest BCUT2D eigenvalue weighted by molar-refractivity contribution is 9.10. The van der Waals surface area contributed by atoms with Crippen molar-refractivity contribution in [1.29, 1.82) is 0 Å². The van der Waals surface area contributed by atoms with Crippen molar-refractivity contribution >= 4 is 45.0 Å². The number of hydrogen-bond acceptors (Lipinski definition) is 5. The van der Waals surface area contributed by atoms with E-state index < -0.39 is 0 Å². The van der Waals surface area contributed by atoms with Gasteiger partial charge < -0.3 is 0 Å². The standard InChI is InChI=1S/C10H7BrN2OS2/c1-6(14)8-3-2-7(11)4-9(8)15-10-12-5-13-16-10/h2-5H,1H3. The number of carbonyl (C=O) groups is 1. The molecule has 0 fully saturated rings. The van der Waals surface area contributed by atoms with E-state index >= 15 is 0 Å². The Labute approximate surface area is 110 Å². The molecule has 0 N–H and O–H groups in total. The summed E-state index contributed by atoms with van der Waals surface area (Å²) in [4.78, 5) is 16.4. The number of nitrogens with zero attached hydrogens (tertiary/aromatic N) is 2. The lowest BCUT2D eigenvalue weighted by molar-refractivity contribution is 0.101. The zero-order valence-electron chi connectivity index (χ0n) is 8.31. The highest BCUT2D eigenvalue weighted by Crippen LogP contribution is 2.33. The van der Waals surface area contributed by atoms with Crippen molar-refractivity contribution in [2.45, 2.75) is 16.2 Å². The van der Waals surface area contributed by atoms with Gasteiger partial charge in [0.05, 0.1) is 0 Å². The Morgan fingerprint density at radius 2 is 2.31 bits per heavy atom. The summed E-state index contributed by atoms with van der Waals surface area (Å²) < 4.78 is 5.71. The van der Waals surface area contributed by atoms with Gasteiger partial charge >= 0.3 is 0 Å². The second-order valence-corrected chi connectivity index (χ2v) is 5.99. The first-order valence-corrected chi connectivity index (χ1v) is 6.80. The zero-order chi connectivity index (χ0) is 11.5. The van der Waals surface area contributed by atoms with E-state index in [1.807, 2.05) is 18.2 Å². The van der Waals surface area contributed by atoms with Gasteiger partial charge in [-0.15, -0.1) is 0 Å². The lowest BCUT2D eigenvalue weighted by Crippen LogP contribution is -1.94. The minimum atomic E-state index is 0.0551. The van der Waals surface area contributed by atoms with Crippen molar-refractivity contribution < 1.29 is 4.79 Å². The van der Waals surface area contributed by atoms with Crippen LogP contribution in [0.5, 0.6) is 0 Å². The predicted octanol–water partition coefficient (Wildman–Crippen LogP) is 3.65. The molecule has 0 aliphatic rings. The van der Waals surface area contributed by atoms with E-state index in [1.54, 1.807) is 6.92 Å². The van der Waals surface area contributed by atoms with Crippen molar-refractivity contribution in [3.8, 4) is 0 Å². The van der Waals surface area contributed by atoms with E-state index in [0.29, 0.717) is 5.56 Å². The van der Waals surface area contributed by atoms with Crippen molar-refractivity contribution in [2.75, 3.05) is 0 Å². The third-order valence-electron chi connectivity index (χ3n) is 1.86. The number of halogens is 1. The molecule has 0 radical (unpaired) electrons. The Bertz CT molecular complexity index is 514. The molecule has 82 valence electrons. The minimum absolute atomic E-state index is 0.0551. The Hall–Kier alpha value is -0.720. The molecule has 1 aromatic heterocycles. The lowest BCUT2D eigenvalue weighted by Gasteiger charge is -2.04. The van der Waals surface area contributed by atoms with Gasteiger partial charge in [0.25, 0.3) is 0 Å². The second kappa shape index (κ2) is 5.07.